The molecule has 1 fully saturated rings. The number of nitrogens with zero attached hydrogens (tertiary/aromatic N) is 1. The molecule has 1 aliphatic heterocycles. The van der Waals surface area contributed by atoms with Gasteiger partial charge in [0, 0.05) is 24.6 Å². The molecule has 98 valence electrons. The summed E-state index contributed by atoms with van der Waals surface area (Å²) >= 11 is 1.80. The predicted molar refractivity (Wildman–Crippen MR) is 70.1 cm³/mol. The van der Waals surface area contributed by atoms with Gasteiger partial charge in [0.1, 0.15) is 11.9 Å². The molecule has 4 nitrogen and oxygen atoms in total. The topological polar surface area (TPSA) is 66.6 Å². The number of carbonyl (C=O) groups is 1. The molecule has 1 aromatic carbocycles. The zero-order valence-corrected chi connectivity index (χ0v) is 10.6. The second kappa shape index (κ2) is 5.58. The smallest absolute Gasteiger partial charge is 0.325 e. The highest BCUT2D eigenvalue weighted by Crippen LogP contribution is 2.26. The highest BCUT2D eigenvalue weighted by Gasteiger charge is 2.29. The van der Waals surface area contributed by atoms with Crippen LogP contribution in [-0.4, -0.2) is 40.6 Å². The van der Waals surface area contributed by atoms with Crippen molar-refractivity contribution in [1.29, 1.82) is 0 Å². The van der Waals surface area contributed by atoms with Gasteiger partial charge < -0.3 is 10.8 Å². The minimum absolute atomic E-state index is 0.0390. The molecular formula is C12H15FN2O2S. The molecule has 0 bridgehead atoms. The molecule has 1 aromatic rings. The summed E-state index contributed by atoms with van der Waals surface area (Å²) in [5, 5.41) is 9.34. The Bertz CT molecular complexity index is 450. The zero-order chi connectivity index (χ0) is 13.1. The number of rotatable bonds is 3. The van der Waals surface area contributed by atoms with E-state index >= 15 is 0 Å². The molecule has 1 saturated heterocycles. The van der Waals surface area contributed by atoms with Crippen molar-refractivity contribution in [3.63, 3.8) is 0 Å². The molecule has 2 rings (SSSR count). The van der Waals surface area contributed by atoms with E-state index in [0.29, 0.717) is 18.7 Å². The Kier molecular flexibility index (Phi) is 4.08. The minimum atomic E-state index is -0.953. The van der Waals surface area contributed by atoms with E-state index in [1.807, 2.05) is 4.90 Å². The van der Waals surface area contributed by atoms with Gasteiger partial charge in [-0.1, -0.05) is 6.07 Å². The van der Waals surface area contributed by atoms with Crippen molar-refractivity contribution in [2.75, 3.05) is 30.3 Å². The fourth-order valence-corrected chi connectivity index (χ4v) is 2.99. The van der Waals surface area contributed by atoms with Crippen LogP contribution in [0.4, 0.5) is 10.1 Å². The summed E-state index contributed by atoms with van der Waals surface area (Å²) < 4.78 is 13.4. The quantitative estimate of drug-likeness (QED) is 0.816. The first-order chi connectivity index (χ1) is 8.59. The molecule has 3 N–H and O–H groups in total. The van der Waals surface area contributed by atoms with Crippen LogP contribution < -0.4 is 5.73 Å². The fourth-order valence-electron chi connectivity index (χ4n) is 2.06. The number of anilines is 1. The third-order valence-electron chi connectivity index (χ3n) is 2.98. The van der Waals surface area contributed by atoms with Crippen molar-refractivity contribution in [2.45, 2.75) is 6.04 Å². The number of hydrogen-bond donors (Lipinski definition) is 2. The third kappa shape index (κ3) is 2.76. The Morgan fingerprint density at radius 1 is 1.44 bits per heavy atom. The minimum Gasteiger partial charge on any atom is -0.480 e. The number of aliphatic carboxylic acids is 1. The molecule has 0 saturated carbocycles. The van der Waals surface area contributed by atoms with Gasteiger partial charge in [-0.05, 0) is 17.7 Å². The normalized spacial score (nSPS) is 18.5. The summed E-state index contributed by atoms with van der Waals surface area (Å²) in [6, 6.07) is 3.43. The van der Waals surface area contributed by atoms with E-state index in [2.05, 4.69) is 0 Å². The average Bonchev–Trinajstić information content (AvgIpc) is 2.35. The van der Waals surface area contributed by atoms with Crippen molar-refractivity contribution in [2.24, 2.45) is 0 Å². The molecule has 1 heterocycles. The Hall–Kier alpha value is -1.27. The molecule has 0 unspecified atom stereocenters. The lowest BCUT2D eigenvalue weighted by atomic mass is 10.0. The third-order valence-corrected chi connectivity index (χ3v) is 3.93. The molecular weight excluding hydrogens is 255 g/mol. The van der Waals surface area contributed by atoms with Gasteiger partial charge in [0.2, 0.25) is 0 Å². The monoisotopic (exact) mass is 270 g/mol. The number of nitrogens with two attached hydrogens (primary N) is 1. The number of thioether (sulfide) groups is 1. The van der Waals surface area contributed by atoms with E-state index < -0.39 is 17.8 Å². The van der Waals surface area contributed by atoms with Crippen LogP contribution in [0.5, 0.6) is 0 Å². The van der Waals surface area contributed by atoms with E-state index in [9.17, 15) is 14.3 Å². The first-order valence-corrected chi connectivity index (χ1v) is 6.84. The molecule has 0 aliphatic carbocycles. The fraction of sp³-hybridized carbons (Fsp3) is 0.417. The summed E-state index contributed by atoms with van der Waals surface area (Å²) in [6.45, 7) is 1.40. The second-order valence-electron chi connectivity index (χ2n) is 4.17. The molecule has 0 radical (unpaired) electrons. The first-order valence-electron chi connectivity index (χ1n) is 5.69. The van der Waals surface area contributed by atoms with Crippen molar-refractivity contribution in [3.05, 3.63) is 29.6 Å². The number of carboxylic acid groups (broad SMARTS) is 1. The summed E-state index contributed by atoms with van der Waals surface area (Å²) in [5.74, 6) is 0.291. The van der Waals surface area contributed by atoms with Gasteiger partial charge in [0.15, 0.2) is 0 Å². The van der Waals surface area contributed by atoms with Crippen molar-refractivity contribution >= 4 is 23.4 Å². The van der Waals surface area contributed by atoms with Crippen LogP contribution in [0.15, 0.2) is 18.2 Å². The van der Waals surface area contributed by atoms with Crippen LogP contribution in [-0.2, 0) is 4.79 Å². The van der Waals surface area contributed by atoms with Crippen molar-refractivity contribution in [1.82, 2.24) is 4.90 Å². The second-order valence-corrected chi connectivity index (χ2v) is 5.39. The lowest BCUT2D eigenvalue weighted by molar-refractivity contribution is -0.143. The Morgan fingerprint density at radius 3 is 2.67 bits per heavy atom. The van der Waals surface area contributed by atoms with Gasteiger partial charge in [0.05, 0.1) is 5.69 Å². The lowest BCUT2D eigenvalue weighted by Crippen LogP contribution is -2.39. The molecule has 0 amide bonds. The lowest BCUT2D eigenvalue weighted by Gasteiger charge is -2.31. The SMILES string of the molecule is Nc1ccc([C@H](C(=O)O)N2CCSCC2)cc1F. The van der Waals surface area contributed by atoms with Crippen LogP contribution >= 0.6 is 11.8 Å². The van der Waals surface area contributed by atoms with Crippen LogP contribution in [0.3, 0.4) is 0 Å². The van der Waals surface area contributed by atoms with Gasteiger partial charge in [-0.15, -0.1) is 0 Å². The molecule has 1 atom stereocenters. The van der Waals surface area contributed by atoms with Crippen molar-refractivity contribution in [3.8, 4) is 0 Å². The summed E-state index contributed by atoms with van der Waals surface area (Å²) in [5.41, 5.74) is 5.89. The maximum Gasteiger partial charge on any atom is 0.325 e. The van der Waals surface area contributed by atoms with E-state index in [-0.39, 0.29) is 5.69 Å². The van der Waals surface area contributed by atoms with Gasteiger partial charge in [-0.25, -0.2) is 4.39 Å². The van der Waals surface area contributed by atoms with Crippen LogP contribution in [0.2, 0.25) is 0 Å². The molecule has 0 aromatic heterocycles. The van der Waals surface area contributed by atoms with Gasteiger partial charge in [-0.2, -0.15) is 11.8 Å². The molecule has 18 heavy (non-hydrogen) atoms. The summed E-state index contributed by atoms with van der Waals surface area (Å²) in [7, 11) is 0. The first kappa shape index (κ1) is 13.2. The van der Waals surface area contributed by atoms with Crippen LogP contribution in [0, 0.1) is 5.82 Å². The predicted octanol–water partition coefficient (Wildman–Crippen LogP) is 1.58. The van der Waals surface area contributed by atoms with Crippen LogP contribution in [0.1, 0.15) is 11.6 Å². The Balaban J connectivity index is 2.28. The van der Waals surface area contributed by atoms with Gasteiger partial charge in [-0.3, -0.25) is 9.69 Å². The maximum absolute atomic E-state index is 13.4. The molecule has 6 heteroatoms. The van der Waals surface area contributed by atoms with Crippen molar-refractivity contribution < 1.29 is 14.3 Å². The number of carboxylic acids is 1. The van der Waals surface area contributed by atoms with Crippen LogP contribution in [0.25, 0.3) is 0 Å². The average molecular weight is 270 g/mol. The van der Waals surface area contributed by atoms with Gasteiger partial charge >= 0.3 is 5.97 Å². The Morgan fingerprint density at radius 2 is 2.11 bits per heavy atom. The van der Waals surface area contributed by atoms with E-state index in [1.54, 1.807) is 17.8 Å². The van der Waals surface area contributed by atoms with Gasteiger partial charge in [0.25, 0.3) is 0 Å². The number of halogens is 1. The highest BCUT2D eigenvalue weighted by molar-refractivity contribution is 7.99. The standard InChI is InChI=1S/C12H15FN2O2S/c13-9-7-8(1-2-10(9)14)11(12(16)17)15-3-5-18-6-4-15/h1-2,7,11H,3-6,14H2,(H,16,17)/t11-/m1/s1. The molecule has 1 aliphatic rings. The largest absolute Gasteiger partial charge is 0.480 e. The van der Waals surface area contributed by atoms with E-state index in [1.165, 1.54) is 12.1 Å². The number of nitrogen functional groups attached to an aromatic ring is 1. The number of hydrogen-bond acceptors (Lipinski definition) is 4. The number of benzene rings is 1. The Labute approximate surface area is 109 Å². The van der Waals surface area contributed by atoms with E-state index in [0.717, 1.165) is 11.5 Å². The maximum atomic E-state index is 13.4. The zero-order valence-electron chi connectivity index (χ0n) is 9.80. The summed E-state index contributed by atoms with van der Waals surface area (Å²) in [6.07, 6.45) is 0. The molecule has 0 spiro atoms. The van der Waals surface area contributed by atoms with E-state index in [4.69, 9.17) is 5.73 Å². The summed E-state index contributed by atoms with van der Waals surface area (Å²) in [4.78, 5) is 13.3. The highest BCUT2D eigenvalue weighted by atomic mass is 32.2.